The molecule has 26 heavy (non-hydrogen) atoms. The number of hydrogen-bond donors (Lipinski definition) is 0. The number of carbonyl (C=O) groups is 2. The number of fused-ring (bicyclic) bond motifs is 1. The third-order valence-electron chi connectivity index (χ3n) is 4.60. The Morgan fingerprint density at radius 3 is 2.92 bits per heavy atom. The molecule has 0 bridgehead atoms. The van der Waals surface area contributed by atoms with Gasteiger partial charge in [-0.25, -0.2) is 4.98 Å². The fourth-order valence-electron chi connectivity index (χ4n) is 2.86. The molecule has 1 amide bonds. The summed E-state index contributed by atoms with van der Waals surface area (Å²) in [6.07, 6.45) is 0. The van der Waals surface area contributed by atoms with Crippen molar-refractivity contribution >= 4 is 45.2 Å². The van der Waals surface area contributed by atoms with E-state index in [2.05, 4.69) is 18.0 Å². The predicted octanol–water partition coefficient (Wildman–Crippen LogP) is 2.41. The van der Waals surface area contributed by atoms with Crippen LogP contribution < -0.4 is 0 Å². The number of esters is 1. The topological polar surface area (TPSA) is 62.7 Å². The van der Waals surface area contributed by atoms with Gasteiger partial charge in [0.15, 0.2) is 0 Å². The zero-order valence-corrected chi connectivity index (χ0v) is 16.8. The minimum absolute atomic E-state index is 0.0367. The molecule has 2 heterocycles. The van der Waals surface area contributed by atoms with Gasteiger partial charge in [-0.15, -0.1) is 23.1 Å². The van der Waals surface area contributed by atoms with Crippen molar-refractivity contribution in [3.05, 3.63) is 29.3 Å². The summed E-state index contributed by atoms with van der Waals surface area (Å²) in [6, 6.07) is 8.11. The van der Waals surface area contributed by atoms with Gasteiger partial charge in [0.1, 0.15) is 10.3 Å². The third kappa shape index (κ3) is 4.19. The second kappa shape index (κ2) is 8.37. The molecular weight excluding hydrogens is 370 g/mol. The third-order valence-corrected chi connectivity index (χ3v) is 6.97. The van der Waals surface area contributed by atoms with Crippen molar-refractivity contribution in [1.82, 2.24) is 14.8 Å². The Morgan fingerprint density at radius 2 is 2.19 bits per heavy atom. The van der Waals surface area contributed by atoms with E-state index < -0.39 is 0 Å². The highest BCUT2D eigenvalue weighted by molar-refractivity contribution is 8.00. The molecule has 0 unspecified atom stereocenters. The van der Waals surface area contributed by atoms with Crippen LogP contribution in [0.3, 0.4) is 0 Å². The van der Waals surface area contributed by atoms with Crippen molar-refractivity contribution in [2.24, 2.45) is 0 Å². The Bertz CT molecular complexity index is 762. The van der Waals surface area contributed by atoms with Crippen LogP contribution in [0.15, 0.2) is 24.3 Å². The molecule has 3 rings (SSSR count). The molecular formula is C18H23N3O3S2. The van der Waals surface area contributed by atoms with Crippen LogP contribution in [0, 0.1) is 0 Å². The lowest BCUT2D eigenvalue weighted by atomic mass is 10.3. The molecule has 1 fully saturated rings. The van der Waals surface area contributed by atoms with E-state index in [0.717, 1.165) is 21.0 Å². The van der Waals surface area contributed by atoms with Gasteiger partial charge < -0.3 is 9.64 Å². The highest BCUT2D eigenvalue weighted by Gasteiger charge is 2.30. The molecule has 140 valence electrons. The molecule has 8 heteroatoms. The van der Waals surface area contributed by atoms with Gasteiger partial charge in [-0.05, 0) is 26.1 Å². The molecule has 0 aliphatic carbocycles. The van der Waals surface area contributed by atoms with Crippen molar-refractivity contribution in [3.8, 4) is 0 Å². The monoisotopic (exact) mass is 393 g/mol. The van der Waals surface area contributed by atoms with Crippen LogP contribution in [0.1, 0.15) is 18.0 Å². The lowest BCUT2D eigenvalue weighted by Crippen LogP contribution is -2.48. The van der Waals surface area contributed by atoms with Gasteiger partial charge in [0, 0.05) is 18.8 Å². The number of thioether (sulfide) groups is 1. The maximum absolute atomic E-state index is 12.7. The number of methoxy groups -OCH3 is 1. The average Bonchev–Trinajstić information content (AvgIpc) is 3.10. The molecule has 0 saturated carbocycles. The normalized spacial score (nSPS) is 18.9. The van der Waals surface area contributed by atoms with Crippen LogP contribution >= 0.6 is 23.1 Å². The van der Waals surface area contributed by atoms with Crippen molar-refractivity contribution in [2.75, 3.05) is 39.5 Å². The summed E-state index contributed by atoms with van der Waals surface area (Å²) in [5.41, 5.74) is 0.994. The number of amides is 1. The zero-order valence-electron chi connectivity index (χ0n) is 15.2. The molecule has 1 aliphatic rings. The summed E-state index contributed by atoms with van der Waals surface area (Å²) in [7, 11) is 3.32. The predicted molar refractivity (Wildman–Crippen MR) is 106 cm³/mol. The lowest BCUT2D eigenvalue weighted by molar-refractivity contribution is -0.141. The summed E-state index contributed by atoms with van der Waals surface area (Å²) in [5, 5.41) is 0.716. The van der Waals surface area contributed by atoms with Crippen molar-refractivity contribution in [2.45, 2.75) is 18.2 Å². The number of thiazole rings is 1. The van der Waals surface area contributed by atoms with Gasteiger partial charge in [-0.2, -0.15) is 0 Å². The molecule has 1 saturated heterocycles. The standard InChI is InChI=1S/C18H23N3O3S2/c1-12(17-19-13-6-4-5-7-14(13)26-17)20(2)11-16(22)21-8-9-25-15(10-21)18(23)24-3/h4-7,12,15H,8-11H2,1-3H3/t12-,15-/m0/s1. The molecule has 6 nitrogen and oxygen atoms in total. The second-order valence-electron chi connectivity index (χ2n) is 6.33. The first-order valence-corrected chi connectivity index (χ1v) is 10.4. The van der Waals surface area contributed by atoms with Gasteiger partial charge in [-0.1, -0.05) is 12.1 Å². The van der Waals surface area contributed by atoms with Crippen LogP contribution in [0.5, 0.6) is 0 Å². The number of carbonyl (C=O) groups excluding carboxylic acids is 2. The minimum Gasteiger partial charge on any atom is -0.468 e. The maximum Gasteiger partial charge on any atom is 0.320 e. The SMILES string of the molecule is COC(=O)[C@@H]1CN(C(=O)CN(C)[C@@H](C)c2nc3ccccc3s2)CCS1. The number of para-hydroxylation sites is 1. The fourth-order valence-corrected chi connectivity index (χ4v) is 5.07. The largest absolute Gasteiger partial charge is 0.468 e. The van der Waals surface area contributed by atoms with Gasteiger partial charge in [0.05, 0.1) is 29.9 Å². The van der Waals surface area contributed by atoms with E-state index in [4.69, 9.17) is 4.74 Å². The van der Waals surface area contributed by atoms with E-state index >= 15 is 0 Å². The molecule has 2 atom stereocenters. The van der Waals surface area contributed by atoms with Gasteiger partial charge in [0.2, 0.25) is 5.91 Å². The van der Waals surface area contributed by atoms with Gasteiger partial charge >= 0.3 is 5.97 Å². The van der Waals surface area contributed by atoms with E-state index in [1.54, 1.807) is 28.0 Å². The molecule has 2 aromatic rings. The average molecular weight is 394 g/mol. The van der Waals surface area contributed by atoms with E-state index in [1.165, 1.54) is 7.11 Å². The van der Waals surface area contributed by atoms with Crippen LogP contribution in [0.4, 0.5) is 0 Å². The Balaban J connectivity index is 1.62. The minimum atomic E-state index is -0.287. The first-order valence-electron chi connectivity index (χ1n) is 8.52. The summed E-state index contributed by atoms with van der Waals surface area (Å²) in [5.74, 6) is 0.529. The lowest BCUT2D eigenvalue weighted by Gasteiger charge is -2.33. The zero-order chi connectivity index (χ0) is 18.7. The van der Waals surface area contributed by atoms with Crippen molar-refractivity contribution < 1.29 is 14.3 Å². The number of nitrogens with zero attached hydrogens (tertiary/aromatic N) is 3. The summed E-state index contributed by atoms with van der Waals surface area (Å²) in [4.78, 5) is 32.9. The molecule has 1 aromatic carbocycles. The smallest absolute Gasteiger partial charge is 0.320 e. The molecule has 0 radical (unpaired) electrons. The molecule has 1 aliphatic heterocycles. The van der Waals surface area contributed by atoms with Gasteiger partial charge in [0.25, 0.3) is 0 Å². The maximum atomic E-state index is 12.7. The fraction of sp³-hybridized carbons (Fsp3) is 0.500. The van der Waals surface area contributed by atoms with E-state index in [1.807, 2.05) is 30.1 Å². The first-order chi connectivity index (χ1) is 12.5. The summed E-state index contributed by atoms with van der Waals surface area (Å²) < 4.78 is 5.96. The highest BCUT2D eigenvalue weighted by Crippen LogP contribution is 2.29. The highest BCUT2D eigenvalue weighted by atomic mass is 32.2. The van der Waals surface area contributed by atoms with E-state index in [9.17, 15) is 9.59 Å². The summed E-state index contributed by atoms with van der Waals surface area (Å²) in [6.45, 7) is 3.45. The van der Waals surface area contributed by atoms with E-state index in [-0.39, 0.29) is 23.2 Å². The Kier molecular flexibility index (Phi) is 6.16. The van der Waals surface area contributed by atoms with Crippen LogP contribution in [-0.4, -0.2) is 71.5 Å². The number of ether oxygens (including phenoxy) is 1. The number of rotatable bonds is 5. The molecule has 0 N–H and O–H groups in total. The Morgan fingerprint density at radius 1 is 1.42 bits per heavy atom. The van der Waals surface area contributed by atoms with Crippen LogP contribution in [-0.2, 0) is 14.3 Å². The number of likely N-dealkylation sites (N-methyl/N-ethyl adjacent to an activating group) is 1. The first kappa shape index (κ1) is 19.1. The van der Waals surface area contributed by atoms with E-state index in [0.29, 0.717) is 19.6 Å². The van der Waals surface area contributed by atoms with Crippen LogP contribution in [0.2, 0.25) is 0 Å². The summed E-state index contributed by atoms with van der Waals surface area (Å²) >= 11 is 3.21. The second-order valence-corrected chi connectivity index (χ2v) is 8.71. The molecule has 0 spiro atoms. The van der Waals surface area contributed by atoms with Crippen LogP contribution in [0.25, 0.3) is 10.2 Å². The number of hydrogen-bond acceptors (Lipinski definition) is 7. The Hall–Kier alpha value is -1.64. The Labute approximate surface area is 161 Å². The quantitative estimate of drug-likeness (QED) is 0.727. The number of benzene rings is 1. The molecule has 1 aromatic heterocycles. The van der Waals surface area contributed by atoms with Gasteiger partial charge in [-0.3, -0.25) is 14.5 Å². The van der Waals surface area contributed by atoms with Crippen molar-refractivity contribution in [1.29, 1.82) is 0 Å². The number of aromatic nitrogens is 1. The van der Waals surface area contributed by atoms with Crippen molar-refractivity contribution in [3.63, 3.8) is 0 Å².